The molecule has 0 spiro atoms. The van der Waals surface area contributed by atoms with Crippen molar-refractivity contribution < 1.29 is 9.90 Å². The third-order valence-corrected chi connectivity index (χ3v) is 3.16. The van der Waals surface area contributed by atoms with Crippen molar-refractivity contribution in [3.63, 3.8) is 0 Å². The molecule has 0 heterocycles. The first-order valence-corrected chi connectivity index (χ1v) is 5.58. The Bertz CT molecular complexity index is 406. The molecule has 3 N–H and O–H groups in total. The smallest absolute Gasteiger partial charge is 0.229 e. The molecule has 0 aliphatic heterocycles. The van der Waals surface area contributed by atoms with Gasteiger partial charge in [-0.1, -0.05) is 31.2 Å². The molecule has 0 fully saturated rings. The summed E-state index contributed by atoms with van der Waals surface area (Å²) in [6, 6.07) is 0. The van der Waals surface area contributed by atoms with Gasteiger partial charge in [-0.25, -0.2) is 0 Å². The van der Waals surface area contributed by atoms with E-state index in [0.29, 0.717) is 18.4 Å². The van der Waals surface area contributed by atoms with Crippen molar-refractivity contribution in [1.82, 2.24) is 0 Å². The molecule has 1 aliphatic rings. The third kappa shape index (κ3) is 2.49. The van der Waals surface area contributed by atoms with Crippen LogP contribution in [0.5, 0.6) is 0 Å². The number of carbonyl (C=O) groups is 1. The molecule has 3 nitrogen and oxygen atoms in total. The number of hydrogen-bond acceptors (Lipinski definition) is 2. The predicted molar refractivity (Wildman–Crippen MR) is 69.2 cm³/mol. The lowest BCUT2D eigenvalue weighted by Gasteiger charge is -2.35. The highest BCUT2D eigenvalue weighted by molar-refractivity contribution is 5.81. The van der Waals surface area contributed by atoms with Crippen molar-refractivity contribution in [1.29, 1.82) is 0 Å². The van der Waals surface area contributed by atoms with Crippen molar-refractivity contribution in [3.05, 3.63) is 48.8 Å². The van der Waals surface area contributed by atoms with Gasteiger partial charge in [-0.05, 0) is 18.4 Å². The van der Waals surface area contributed by atoms with Gasteiger partial charge in [0, 0.05) is 5.41 Å². The summed E-state index contributed by atoms with van der Waals surface area (Å²) >= 11 is 0. The average Bonchev–Trinajstić information content (AvgIpc) is 2.22. The van der Waals surface area contributed by atoms with Crippen LogP contribution >= 0.6 is 0 Å². The molecule has 0 radical (unpaired) electrons. The van der Waals surface area contributed by atoms with Crippen LogP contribution in [-0.4, -0.2) is 11.0 Å². The van der Waals surface area contributed by atoms with E-state index in [9.17, 15) is 9.90 Å². The Hall–Kier alpha value is -1.77. The Kier molecular flexibility index (Phi) is 3.94. The third-order valence-electron chi connectivity index (χ3n) is 3.16. The fourth-order valence-electron chi connectivity index (χ4n) is 2.26. The summed E-state index contributed by atoms with van der Waals surface area (Å²) in [5.74, 6) is -1.15. The fraction of sp³-hybridized carbons (Fsp3) is 0.357. The average molecular weight is 233 g/mol. The number of aliphatic hydroxyl groups is 1. The zero-order chi connectivity index (χ0) is 13.1. The van der Waals surface area contributed by atoms with Crippen LogP contribution in [0.15, 0.2) is 48.8 Å². The number of amides is 1. The minimum atomic E-state index is -0.694. The largest absolute Gasteiger partial charge is 0.511 e. The quantitative estimate of drug-likeness (QED) is 0.717. The first-order chi connectivity index (χ1) is 7.96. The minimum Gasteiger partial charge on any atom is -0.511 e. The van der Waals surface area contributed by atoms with E-state index in [0.717, 1.165) is 0 Å². The van der Waals surface area contributed by atoms with Crippen molar-refractivity contribution in [2.75, 3.05) is 0 Å². The van der Waals surface area contributed by atoms with Gasteiger partial charge in [0.1, 0.15) is 11.7 Å². The zero-order valence-corrected chi connectivity index (χ0v) is 10.1. The monoisotopic (exact) mass is 233 g/mol. The molecule has 0 aromatic carbocycles. The number of rotatable bonds is 5. The highest BCUT2D eigenvalue weighted by Gasteiger charge is 2.41. The molecule has 0 saturated carbocycles. The molecule has 1 aliphatic carbocycles. The topological polar surface area (TPSA) is 63.3 Å². The summed E-state index contributed by atoms with van der Waals surface area (Å²) in [6.07, 6.45) is 8.28. The molecule has 17 heavy (non-hydrogen) atoms. The van der Waals surface area contributed by atoms with Gasteiger partial charge in [-0.3, -0.25) is 4.79 Å². The van der Waals surface area contributed by atoms with Crippen LogP contribution in [0, 0.1) is 11.3 Å². The van der Waals surface area contributed by atoms with E-state index in [2.05, 4.69) is 13.2 Å². The second-order valence-corrected chi connectivity index (χ2v) is 4.57. The lowest BCUT2D eigenvalue weighted by molar-refractivity contribution is -0.124. The second kappa shape index (κ2) is 5.04. The molecule has 0 aromatic heterocycles. The Morgan fingerprint density at radius 2 is 2.24 bits per heavy atom. The van der Waals surface area contributed by atoms with Gasteiger partial charge in [0.15, 0.2) is 0 Å². The van der Waals surface area contributed by atoms with Gasteiger partial charge in [-0.15, -0.1) is 13.2 Å². The maximum absolute atomic E-state index is 11.5. The molecule has 0 bridgehead atoms. The van der Waals surface area contributed by atoms with Crippen LogP contribution in [0.2, 0.25) is 0 Å². The van der Waals surface area contributed by atoms with Crippen LogP contribution in [-0.2, 0) is 4.79 Å². The maximum Gasteiger partial charge on any atom is 0.229 e. The lowest BCUT2D eigenvalue weighted by Crippen LogP contribution is -2.39. The number of primary amides is 1. The molecule has 2 unspecified atom stereocenters. The summed E-state index contributed by atoms with van der Waals surface area (Å²) in [4.78, 5) is 11.5. The Labute approximate surface area is 102 Å². The number of carbonyl (C=O) groups excluding carboxylic acids is 1. The number of aliphatic hydroxyl groups excluding tert-OH is 1. The standard InChI is InChI=1S/C14H19NO2/c1-4-6-10-7-9-14(3,8-5-2)11(12(10)16)13(15)17/h4-5,7,9,11,16H,1-2,6,8H2,3H3,(H2,15,17). The molecule has 3 heteroatoms. The van der Waals surface area contributed by atoms with Crippen LogP contribution in [0.1, 0.15) is 19.8 Å². The van der Waals surface area contributed by atoms with E-state index in [-0.39, 0.29) is 5.76 Å². The molecular weight excluding hydrogens is 214 g/mol. The Morgan fingerprint density at radius 1 is 1.59 bits per heavy atom. The first kappa shape index (κ1) is 13.3. The fourth-order valence-corrected chi connectivity index (χ4v) is 2.26. The summed E-state index contributed by atoms with van der Waals surface area (Å²) < 4.78 is 0. The van der Waals surface area contributed by atoms with Crippen molar-refractivity contribution in [3.8, 4) is 0 Å². The van der Waals surface area contributed by atoms with Gasteiger partial charge in [0.2, 0.25) is 5.91 Å². The van der Waals surface area contributed by atoms with Crippen LogP contribution < -0.4 is 5.73 Å². The lowest BCUT2D eigenvalue weighted by atomic mass is 9.69. The Morgan fingerprint density at radius 3 is 2.71 bits per heavy atom. The minimum absolute atomic E-state index is 0.0595. The van der Waals surface area contributed by atoms with E-state index < -0.39 is 17.2 Å². The summed E-state index contributed by atoms with van der Waals surface area (Å²) in [7, 11) is 0. The van der Waals surface area contributed by atoms with Crippen LogP contribution in [0.25, 0.3) is 0 Å². The highest BCUT2D eigenvalue weighted by Crippen LogP contribution is 2.42. The summed E-state index contributed by atoms with van der Waals surface area (Å²) in [6.45, 7) is 9.18. The molecule has 1 amide bonds. The number of nitrogens with two attached hydrogens (primary N) is 1. The van der Waals surface area contributed by atoms with E-state index in [1.807, 2.05) is 19.1 Å². The molecule has 1 rings (SSSR count). The Balaban J connectivity index is 3.19. The number of hydrogen-bond donors (Lipinski definition) is 2. The molecular formula is C14H19NO2. The van der Waals surface area contributed by atoms with Crippen LogP contribution in [0.3, 0.4) is 0 Å². The molecule has 0 saturated heterocycles. The van der Waals surface area contributed by atoms with Crippen molar-refractivity contribution >= 4 is 5.91 Å². The van der Waals surface area contributed by atoms with Crippen LogP contribution in [0.4, 0.5) is 0 Å². The van der Waals surface area contributed by atoms with Gasteiger partial charge < -0.3 is 10.8 Å². The first-order valence-electron chi connectivity index (χ1n) is 5.58. The van der Waals surface area contributed by atoms with E-state index in [1.165, 1.54) is 0 Å². The molecule has 92 valence electrons. The number of allylic oxidation sites excluding steroid dienone is 5. The zero-order valence-electron chi connectivity index (χ0n) is 10.1. The summed E-state index contributed by atoms with van der Waals surface area (Å²) in [5, 5.41) is 10.1. The van der Waals surface area contributed by atoms with Gasteiger partial charge in [0.25, 0.3) is 0 Å². The molecule has 2 atom stereocenters. The highest BCUT2D eigenvalue weighted by atomic mass is 16.3. The van der Waals surface area contributed by atoms with Crippen molar-refractivity contribution in [2.24, 2.45) is 17.1 Å². The van der Waals surface area contributed by atoms with E-state index in [4.69, 9.17) is 5.73 Å². The van der Waals surface area contributed by atoms with Gasteiger partial charge in [0.05, 0.1) is 0 Å². The van der Waals surface area contributed by atoms with Crippen molar-refractivity contribution in [2.45, 2.75) is 19.8 Å². The van der Waals surface area contributed by atoms with Gasteiger partial charge >= 0.3 is 0 Å². The normalized spacial score (nSPS) is 27.9. The summed E-state index contributed by atoms with van der Waals surface area (Å²) in [5.41, 5.74) is 5.60. The van der Waals surface area contributed by atoms with Gasteiger partial charge in [-0.2, -0.15) is 0 Å². The second-order valence-electron chi connectivity index (χ2n) is 4.57. The molecule has 0 aromatic rings. The maximum atomic E-state index is 11.5. The van der Waals surface area contributed by atoms with E-state index in [1.54, 1.807) is 12.2 Å². The predicted octanol–water partition coefficient (Wildman–Crippen LogP) is 2.63. The SMILES string of the molecule is C=CCC1=C(O)C(C(N)=O)C(C)(CC=C)C=C1. The van der Waals surface area contributed by atoms with E-state index >= 15 is 0 Å².